The molecule has 0 aromatic carbocycles. The van der Waals surface area contributed by atoms with Gasteiger partial charge >= 0.3 is 12.1 Å². The first-order chi connectivity index (χ1) is 6.48. The molecule has 0 aromatic heterocycles. The summed E-state index contributed by atoms with van der Waals surface area (Å²) in [5.41, 5.74) is 0. The standard InChI is InChI=1S/C8H11F3N2O/c9-8(10,11)7(14)13-3-5-1-2-12-6(5)4-13/h5-6,12H,1-4H2/t5?,6-/m1/s1. The maximum Gasteiger partial charge on any atom is 0.471 e. The van der Waals surface area contributed by atoms with Crippen LogP contribution >= 0.6 is 0 Å². The largest absolute Gasteiger partial charge is 0.471 e. The van der Waals surface area contributed by atoms with Gasteiger partial charge in [0, 0.05) is 19.1 Å². The summed E-state index contributed by atoms with van der Waals surface area (Å²) in [6.45, 7) is 1.29. The molecule has 14 heavy (non-hydrogen) atoms. The third-order valence-corrected chi connectivity index (χ3v) is 2.89. The molecule has 0 aromatic rings. The number of rotatable bonds is 0. The zero-order valence-electron chi connectivity index (χ0n) is 7.47. The average Bonchev–Trinajstić information content (AvgIpc) is 2.58. The van der Waals surface area contributed by atoms with E-state index in [1.54, 1.807) is 0 Å². The molecule has 1 unspecified atom stereocenters. The Kier molecular flexibility index (Phi) is 2.17. The van der Waals surface area contributed by atoms with Gasteiger partial charge in [-0.3, -0.25) is 4.79 Å². The van der Waals surface area contributed by atoms with Crippen molar-refractivity contribution in [3.63, 3.8) is 0 Å². The van der Waals surface area contributed by atoms with Gasteiger partial charge in [0.05, 0.1) is 0 Å². The minimum atomic E-state index is -4.72. The van der Waals surface area contributed by atoms with Crippen molar-refractivity contribution < 1.29 is 18.0 Å². The molecule has 0 saturated carbocycles. The van der Waals surface area contributed by atoms with Gasteiger partial charge in [-0.05, 0) is 18.9 Å². The summed E-state index contributed by atoms with van der Waals surface area (Å²) in [6.07, 6.45) is -3.86. The van der Waals surface area contributed by atoms with Crippen molar-refractivity contribution >= 4 is 5.91 Å². The summed E-state index contributed by atoms with van der Waals surface area (Å²) in [5.74, 6) is -1.49. The van der Waals surface area contributed by atoms with E-state index >= 15 is 0 Å². The van der Waals surface area contributed by atoms with Crippen molar-refractivity contribution in [1.29, 1.82) is 0 Å². The van der Waals surface area contributed by atoms with Crippen molar-refractivity contribution in [3.8, 4) is 0 Å². The lowest BCUT2D eigenvalue weighted by molar-refractivity contribution is -0.184. The summed E-state index contributed by atoms with van der Waals surface area (Å²) in [6, 6.07) is 0.0706. The van der Waals surface area contributed by atoms with E-state index in [1.165, 1.54) is 0 Å². The molecule has 0 radical (unpaired) electrons. The van der Waals surface area contributed by atoms with Crippen molar-refractivity contribution in [2.24, 2.45) is 5.92 Å². The van der Waals surface area contributed by atoms with E-state index in [9.17, 15) is 18.0 Å². The van der Waals surface area contributed by atoms with Gasteiger partial charge in [0.2, 0.25) is 0 Å². The molecule has 0 bridgehead atoms. The number of nitrogens with one attached hydrogen (secondary N) is 1. The van der Waals surface area contributed by atoms with Crippen LogP contribution in [0.4, 0.5) is 13.2 Å². The predicted molar refractivity (Wildman–Crippen MR) is 42.5 cm³/mol. The molecule has 0 spiro atoms. The fraction of sp³-hybridized carbons (Fsp3) is 0.875. The van der Waals surface area contributed by atoms with Crippen LogP contribution in [0.2, 0.25) is 0 Å². The van der Waals surface area contributed by atoms with Crippen LogP contribution in [-0.2, 0) is 4.79 Å². The number of hydrogen-bond donors (Lipinski definition) is 1. The topological polar surface area (TPSA) is 32.3 Å². The highest BCUT2D eigenvalue weighted by atomic mass is 19.4. The van der Waals surface area contributed by atoms with Crippen molar-refractivity contribution in [2.75, 3.05) is 19.6 Å². The van der Waals surface area contributed by atoms with E-state index in [4.69, 9.17) is 0 Å². The highest BCUT2D eigenvalue weighted by Gasteiger charge is 2.47. The molecule has 2 atom stereocenters. The Labute approximate surface area is 79.3 Å². The van der Waals surface area contributed by atoms with E-state index in [2.05, 4.69) is 5.32 Å². The van der Waals surface area contributed by atoms with Crippen LogP contribution in [0.1, 0.15) is 6.42 Å². The van der Waals surface area contributed by atoms with Crippen LogP contribution in [-0.4, -0.2) is 42.7 Å². The quantitative estimate of drug-likeness (QED) is 0.623. The minimum Gasteiger partial charge on any atom is -0.333 e. The smallest absolute Gasteiger partial charge is 0.333 e. The van der Waals surface area contributed by atoms with Crippen LogP contribution in [0.25, 0.3) is 0 Å². The highest BCUT2D eigenvalue weighted by molar-refractivity contribution is 5.82. The number of fused-ring (bicyclic) bond motifs is 1. The second-order valence-corrected chi connectivity index (χ2v) is 3.82. The van der Waals surface area contributed by atoms with Gasteiger partial charge in [0.1, 0.15) is 0 Å². The van der Waals surface area contributed by atoms with Crippen molar-refractivity contribution in [1.82, 2.24) is 10.2 Å². The molecule has 2 heterocycles. The summed E-state index contributed by atoms with van der Waals surface area (Å²) in [4.78, 5) is 11.8. The Bertz CT molecular complexity index is 241. The lowest BCUT2D eigenvalue weighted by atomic mass is 10.1. The summed E-state index contributed by atoms with van der Waals surface area (Å²) in [7, 11) is 0. The van der Waals surface area contributed by atoms with Gasteiger partial charge in [-0.25, -0.2) is 0 Å². The molecule has 2 fully saturated rings. The number of likely N-dealkylation sites (tertiary alicyclic amines) is 1. The van der Waals surface area contributed by atoms with Gasteiger partial charge in [-0.1, -0.05) is 0 Å². The van der Waals surface area contributed by atoms with Gasteiger partial charge in [-0.2, -0.15) is 13.2 Å². The van der Waals surface area contributed by atoms with E-state index in [0.29, 0.717) is 0 Å². The maximum atomic E-state index is 12.1. The van der Waals surface area contributed by atoms with Crippen molar-refractivity contribution in [3.05, 3.63) is 0 Å². The van der Waals surface area contributed by atoms with E-state index in [0.717, 1.165) is 17.9 Å². The number of nitrogens with zero attached hydrogens (tertiary/aromatic N) is 1. The fourth-order valence-corrected chi connectivity index (χ4v) is 2.19. The van der Waals surface area contributed by atoms with Gasteiger partial charge < -0.3 is 10.2 Å². The number of alkyl halides is 3. The molecule has 2 saturated heterocycles. The Morgan fingerprint density at radius 2 is 2.07 bits per heavy atom. The second kappa shape index (κ2) is 3.12. The fourth-order valence-electron chi connectivity index (χ4n) is 2.19. The normalized spacial score (nSPS) is 32.1. The number of hydrogen-bond acceptors (Lipinski definition) is 2. The Hall–Kier alpha value is -0.780. The molecule has 6 heteroatoms. The van der Waals surface area contributed by atoms with Crippen LogP contribution in [0, 0.1) is 5.92 Å². The Morgan fingerprint density at radius 1 is 1.36 bits per heavy atom. The monoisotopic (exact) mass is 208 g/mol. The van der Waals surface area contributed by atoms with Gasteiger partial charge in [-0.15, -0.1) is 0 Å². The van der Waals surface area contributed by atoms with Crippen LogP contribution < -0.4 is 5.32 Å². The second-order valence-electron chi connectivity index (χ2n) is 3.82. The van der Waals surface area contributed by atoms with Crippen molar-refractivity contribution in [2.45, 2.75) is 18.6 Å². The Morgan fingerprint density at radius 3 is 2.64 bits per heavy atom. The molecule has 1 N–H and O–H groups in total. The molecule has 0 aliphatic carbocycles. The van der Waals surface area contributed by atoms with Gasteiger partial charge in [0.15, 0.2) is 0 Å². The third-order valence-electron chi connectivity index (χ3n) is 2.89. The lowest BCUT2D eigenvalue weighted by Gasteiger charge is -2.18. The molecule has 2 aliphatic heterocycles. The zero-order chi connectivity index (χ0) is 10.3. The Balaban J connectivity index is 1.99. The van der Waals surface area contributed by atoms with Crippen LogP contribution in [0.15, 0.2) is 0 Å². The summed E-state index contributed by atoms with van der Waals surface area (Å²) < 4.78 is 36.2. The van der Waals surface area contributed by atoms with Crippen LogP contribution in [0.5, 0.6) is 0 Å². The zero-order valence-corrected chi connectivity index (χ0v) is 7.47. The average molecular weight is 208 g/mol. The molecule has 80 valence electrons. The molecule has 2 rings (SSSR count). The van der Waals surface area contributed by atoms with Crippen LogP contribution in [0.3, 0.4) is 0 Å². The first-order valence-corrected chi connectivity index (χ1v) is 4.58. The molecule has 1 amide bonds. The maximum absolute atomic E-state index is 12.1. The lowest BCUT2D eigenvalue weighted by Crippen LogP contribution is -2.41. The minimum absolute atomic E-state index is 0.0706. The molecular formula is C8H11F3N2O. The van der Waals surface area contributed by atoms with Gasteiger partial charge in [0.25, 0.3) is 0 Å². The molecule has 2 aliphatic rings. The highest BCUT2D eigenvalue weighted by Crippen LogP contribution is 2.28. The number of halogens is 3. The van der Waals surface area contributed by atoms with E-state index in [-0.39, 0.29) is 25.0 Å². The number of carbonyl (C=O) groups is 1. The summed E-state index contributed by atoms with van der Waals surface area (Å²) in [5, 5.41) is 3.09. The first kappa shape index (κ1) is 9.76. The van der Waals surface area contributed by atoms with E-state index in [1.807, 2.05) is 0 Å². The first-order valence-electron chi connectivity index (χ1n) is 4.58. The summed E-state index contributed by atoms with van der Waals surface area (Å²) >= 11 is 0. The third kappa shape index (κ3) is 1.58. The van der Waals surface area contributed by atoms with E-state index < -0.39 is 12.1 Å². The molecule has 3 nitrogen and oxygen atoms in total. The predicted octanol–water partition coefficient (Wildman–Crippen LogP) is 0.369. The number of amides is 1. The molecular weight excluding hydrogens is 197 g/mol. The number of carbonyl (C=O) groups excluding carboxylic acids is 1. The SMILES string of the molecule is O=C(N1CC2CCN[C@@H]2C1)C(F)(F)F.